The van der Waals surface area contributed by atoms with Gasteiger partial charge in [-0.1, -0.05) is 30.3 Å². The van der Waals surface area contributed by atoms with Crippen LogP contribution < -0.4 is 15.0 Å². The highest BCUT2D eigenvalue weighted by Gasteiger charge is 2.42. The Labute approximate surface area is 227 Å². The smallest absolute Gasteiger partial charge is 0.174 e. The van der Waals surface area contributed by atoms with Gasteiger partial charge in [-0.25, -0.2) is 4.98 Å². The molecule has 1 fully saturated rings. The van der Waals surface area contributed by atoms with Crippen molar-refractivity contribution in [3.8, 4) is 17.3 Å². The fourth-order valence-corrected chi connectivity index (χ4v) is 5.52. The molecule has 6 nitrogen and oxygen atoms in total. The van der Waals surface area contributed by atoms with Crippen LogP contribution in [0.2, 0.25) is 0 Å². The zero-order valence-electron chi connectivity index (χ0n) is 21.2. The van der Waals surface area contributed by atoms with Crippen LogP contribution in [-0.2, 0) is 0 Å². The molecule has 2 atom stereocenters. The van der Waals surface area contributed by atoms with E-state index in [1.54, 1.807) is 0 Å². The topological polar surface area (TPSA) is 55.2 Å². The summed E-state index contributed by atoms with van der Waals surface area (Å²) in [5.41, 5.74) is 5.32. The van der Waals surface area contributed by atoms with Crippen molar-refractivity contribution in [1.82, 2.24) is 19.9 Å². The maximum atomic E-state index is 6.02. The third-order valence-electron chi connectivity index (χ3n) is 6.86. The van der Waals surface area contributed by atoms with Crippen LogP contribution in [0.3, 0.4) is 0 Å². The van der Waals surface area contributed by atoms with Gasteiger partial charge in [0.15, 0.2) is 5.11 Å². The lowest BCUT2D eigenvalue weighted by Gasteiger charge is -2.28. The number of anilines is 1. The molecule has 3 aromatic heterocycles. The SMILES string of the molecule is Cc1cc([C@@H]2[C@@H](c3ccccn3)NC(=S)N2c2ccc(Oc3ccccc3)cc2)c(C)n1-c1ccccn1. The summed E-state index contributed by atoms with van der Waals surface area (Å²) in [5.74, 6) is 2.46. The van der Waals surface area contributed by atoms with E-state index in [4.69, 9.17) is 17.0 Å². The van der Waals surface area contributed by atoms with E-state index in [1.165, 1.54) is 5.56 Å². The van der Waals surface area contributed by atoms with E-state index < -0.39 is 0 Å². The summed E-state index contributed by atoms with van der Waals surface area (Å²) in [6.45, 7) is 4.25. The van der Waals surface area contributed by atoms with Crippen LogP contribution in [0.1, 0.15) is 34.7 Å². The van der Waals surface area contributed by atoms with Gasteiger partial charge in [0.1, 0.15) is 17.3 Å². The van der Waals surface area contributed by atoms with Crippen molar-refractivity contribution in [2.75, 3.05) is 4.90 Å². The molecule has 38 heavy (non-hydrogen) atoms. The number of pyridine rings is 2. The standard InChI is InChI=1S/C31H27N5OS/c1-21-20-26(22(2)35(21)28-13-7-9-19-33-28)30-29(27-12-6-8-18-32-27)34-31(38)36(30)23-14-16-25(17-15-23)37-24-10-4-3-5-11-24/h3-20,29-30H,1-2H3,(H,34,38)/t29-,30-/m1/s1. The zero-order chi connectivity index (χ0) is 26.1. The van der Waals surface area contributed by atoms with E-state index in [2.05, 4.69) is 56.8 Å². The first-order valence-electron chi connectivity index (χ1n) is 12.5. The van der Waals surface area contributed by atoms with Gasteiger partial charge in [-0.05, 0) is 98.4 Å². The molecular formula is C31H27N5OS. The molecule has 0 radical (unpaired) electrons. The largest absolute Gasteiger partial charge is 0.457 e. The van der Waals surface area contributed by atoms with E-state index in [-0.39, 0.29) is 12.1 Å². The van der Waals surface area contributed by atoms with Crippen LogP contribution in [0.4, 0.5) is 5.69 Å². The molecule has 1 aliphatic heterocycles. The first-order chi connectivity index (χ1) is 18.6. The highest BCUT2D eigenvalue weighted by molar-refractivity contribution is 7.80. The number of hydrogen-bond donors (Lipinski definition) is 1. The van der Waals surface area contributed by atoms with Gasteiger partial charge in [-0.2, -0.15) is 0 Å². The van der Waals surface area contributed by atoms with Gasteiger partial charge >= 0.3 is 0 Å². The number of nitrogens with zero attached hydrogens (tertiary/aromatic N) is 4. The zero-order valence-corrected chi connectivity index (χ0v) is 22.0. The minimum Gasteiger partial charge on any atom is -0.457 e. The van der Waals surface area contributed by atoms with Gasteiger partial charge in [0.05, 0.1) is 17.8 Å². The lowest BCUT2D eigenvalue weighted by Crippen LogP contribution is -2.29. The summed E-state index contributed by atoms with van der Waals surface area (Å²) in [6, 6.07) is 31.8. The van der Waals surface area contributed by atoms with Crippen LogP contribution in [-0.4, -0.2) is 19.6 Å². The molecule has 188 valence electrons. The van der Waals surface area contributed by atoms with Crippen LogP contribution in [0, 0.1) is 13.8 Å². The van der Waals surface area contributed by atoms with Gasteiger partial charge in [-0.3, -0.25) is 4.98 Å². The second kappa shape index (κ2) is 10.1. The first-order valence-corrected chi connectivity index (χ1v) is 12.9. The maximum Gasteiger partial charge on any atom is 0.174 e. The van der Waals surface area contributed by atoms with Gasteiger partial charge in [-0.15, -0.1) is 0 Å². The summed E-state index contributed by atoms with van der Waals surface area (Å²) in [4.78, 5) is 11.5. The number of para-hydroxylation sites is 1. The fourth-order valence-electron chi connectivity index (χ4n) is 5.17. The van der Waals surface area contributed by atoms with Gasteiger partial charge < -0.3 is 19.5 Å². The summed E-state index contributed by atoms with van der Waals surface area (Å²) in [6.07, 6.45) is 3.65. The lowest BCUT2D eigenvalue weighted by molar-refractivity contribution is 0.482. The second-order valence-corrected chi connectivity index (χ2v) is 9.64. The van der Waals surface area contributed by atoms with E-state index in [9.17, 15) is 0 Å². The maximum absolute atomic E-state index is 6.02. The molecule has 1 N–H and O–H groups in total. The first kappa shape index (κ1) is 23.9. The normalized spacial score (nSPS) is 16.9. The van der Waals surface area contributed by atoms with Crippen molar-refractivity contribution in [2.24, 2.45) is 0 Å². The number of ether oxygens (including phenoxy) is 1. The minimum atomic E-state index is -0.123. The molecular weight excluding hydrogens is 490 g/mol. The van der Waals surface area contributed by atoms with Crippen molar-refractivity contribution in [3.63, 3.8) is 0 Å². The van der Waals surface area contributed by atoms with Gasteiger partial charge in [0.25, 0.3) is 0 Å². The van der Waals surface area contributed by atoms with Gasteiger partial charge in [0.2, 0.25) is 0 Å². The molecule has 0 unspecified atom stereocenters. The van der Waals surface area contributed by atoms with E-state index in [1.807, 2.05) is 91.3 Å². The molecule has 0 spiro atoms. The van der Waals surface area contributed by atoms with Crippen molar-refractivity contribution in [3.05, 3.63) is 132 Å². The van der Waals surface area contributed by atoms with Crippen LogP contribution in [0.5, 0.6) is 11.5 Å². The summed E-state index contributed by atoms with van der Waals surface area (Å²) in [5, 5.41) is 4.21. The summed E-state index contributed by atoms with van der Waals surface area (Å²) in [7, 11) is 0. The fraction of sp³-hybridized carbons (Fsp3) is 0.129. The monoisotopic (exact) mass is 517 g/mol. The number of nitrogens with one attached hydrogen (secondary N) is 1. The Morgan fingerprint density at radius 3 is 2.16 bits per heavy atom. The molecule has 0 bridgehead atoms. The minimum absolute atomic E-state index is 0.109. The molecule has 5 aromatic rings. The molecule has 1 saturated heterocycles. The Morgan fingerprint density at radius 1 is 0.789 bits per heavy atom. The molecule has 7 heteroatoms. The van der Waals surface area contributed by atoms with Gasteiger partial charge in [0, 0.05) is 29.5 Å². The molecule has 0 amide bonds. The van der Waals surface area contributed by atoms with Crippen molar-refractivity contribution in [1.29, 1.82) is 0 Å². The molecule has 1 aliphatic rings. The number of aromatic nitrogens is 3. The third kappa shape index (κ3) is 4.41. The average molecular weight is 518 g/mol. The summed E-state index contributed by atoms with van der Waals surface area (Å²) < 4.78 is 8.22. The van der Waals surface area contributed by atoms with Crippen molar-refractivity contribution < 1.29 is 4.74 Å². The highest BCUT2D eigenvalue weighted by atomic mass is 32.1. The van der Waals surface area contributed by atoms with Crippen molar-refractivity contribution in [2.45, 2.75) is 25.9 Å². The molecule has 4 heterocycles. The second-order valence-electron chi connectivity index (χ2n) is 9.26. The molecule has 2 aromatic carbocycles. The summed E-state index contributed by atoms with van der Waals surface area (Å²) >= 11 is 5.93. The highest BCUT2D eigenvalue weighted by Crippen LogP contribution is 2.44. The molecule has 6 rings (SSSR count). The van der Waals surface area contributed by atoms with E-state index >= 15 is 0 Å². The van der Waals surface area contributed by atoms with Crippen molar-refractivity contribution >= 4 is 23.0 Å². The van der Waals surface area contributed by atoms with E-state index in [0.717, 1.165) is 40.1 Å². The predicted molar refractivity (Wildman–Crippen MR) is 154 cm³/mol. The Hall–Kier alpha value is -4.49. The number of rotatable bonds is 6. The number of aryl methyl sites for hydroxylation is 1. The van der Waals surface area contributed by atoms with Crippen LogP contribution in [0.25, 0.3) is 5.82 Å². The number of benzene rings is 2. The third-order valence-corrected chi connectivity index (χ3v) is 7.17. The Kier molecular flexibility index (Phi) is 6.35. The lowest BCUT2D eigenvalue weighted by atomic mass is 9.96. The number of thiocarbonyl (C=S) groups is 1. The average Bonchev–Trinajstić information content (AvgIpc) is 3.45. The predicted octanol–water partition coefficient (Wildman–Crippen LogP) is 6.85. The Morgan fingerprint density at radius 2 is 1.47 bits per heavy atom. The quantitative estimate of drug-likeness (QED) is 0.249. The molecule has 0 aliphatic carbocycles. The van der Waals surface area contributed by atoms with Crippen LogP contribution in [0.15, 0.2) is 109 Å². The van der Waals surface area contributed by atoms with Crippen LogP contribution >= 0.6 is 12.2 Å². The number of hydrogen-bond acceptors (Lipinski definition) is 4. The Bertz CT molecular complexity index is 1550. The Balaban J connectivity index is 1.42. The van der Waals surface area contributed by atoms with E-state index in [0.29, 0.717) is 5.11 Å². The molecule has 0 saturated carbocycles.